The zero-order valence-corrected chi connectivity index (χ0v) is 16.9. The van der Waals surface area contributed by atoms with Crippen LogP contribution in [0.15, 0.2) is 60.9 Å². The van der Waals surface area contributed by atoms with Crippen LogP contribution in [-0.2, 0) is 6.61 Å². The third-order valence-corrected chi connectivity index (χ3v) is 4.83. The molecule has 0 radical (unpaired) electrons. The van der Waals surface area contributed by atoms with Gasteiger partial charge in [-0.3, -0.25) is 9.78 Å². The number of hydrogen-bond donors (Lipinski definition) is 2. The number of benzene rings is 2. The molecule has 1 aliphatic heterocycles. The molecule has 0 bridgehead atoms. The molecule has 9 heteroatoms. The minimum Gasteiger partial charge on any atom is -0.489 e. The Morgan fingerprint density at radius 2 is 1.91 bits per heavy atom. The second kappa shape index (κ2) is 8.38. The Kier molecular flexibility index (Phi) is 5.12. The van der Waals surface area contributed by atoms with Crippen molar-refractivity contribution in [1.82, 2.24) is 15.0 Å². The summed E-state index contributed by atoms with van der Waals surface area (Å²) in [6, 6.07) is 14.6. The average molecular weight is 429 g/mol. The summed E-state index contributed by atoms with van der Waals surface area (Å²) in [5.41, 5.74) is 7.85. The van der Waals surface area contributed by atoms with Crippen LogP contribution in [0.4, 0.5) is 11.6 Å². The van der Waals surface area contributed by atoms with Gasteiger partial charge in [0.25, 0.3) is 5.91 Å². The first kappa shape index (κ1) is 19.6. The molecule has 9 nitrogen and oxygen atoms in total. The maximum Gasteiger partial charge on any atom is 0.267 e. The number of anilines is 2. The van der Waals surface area contributed by atoms with Gasteiger partial charge in [-0.05, 0) is 48.0 Å². The lowest BCUT2D eigenvalue weighted by atomic mass is 10.2. The highest BCUT2D eigenvalue weighted by Crippen LogP contribution is 2.33. The number of nitrogens with one attached hydrogen (secondary N) is 1. The van der Waals surface area contributed by atoms with Gasteiger partial charge in [0.15, 0.2) is 11.5 Å². The number of rotatable bonds is 6. The highest BCUT2D eigenvalue weighted by atomic mass is 16.6. The topological polar surface area (TPSA) is 121 Å². The van der Waals surface area contributed by atoms with Gasteiger partial charge in [0, 0.05) is 29.5 Å². The molecule has 160 valence electrons. The molecule has 32 heavy (non-hydrogen) atoms. The molecule has 5 rings (SSSR count). The lowest BCUT2D eigenvalue weighted by Gasteiger charge is -2.19. The van der Waals surface area contributed by atoms with Crippen molar-refractivity contribution in [2.45, 2.75) is 6.61 Å². The molecule has 2 aromatic carbocycles. The molecule has 0 saturated carbocycles. The monoisotopic (exact) mass is 429 g/mol. The maximum absolute atomic E-state index is 11.3. The highest BCUT2D eigenvalue weighted by molar-refractivity contribution is 5.90. The van der Waals surface area contributed by atoms with Crippen LogP contribution in [0.1, 0.15) is 16.1 Å². The van der Waals surface area contributed by atoms with Gasteiger partial charge in [-0.1, -0.05) is 0 Å². The van der Waals surface area contributed by atoms with Crippen molar-refractivity contribution in [1.29, 1.82) is 0 Å². The number of carbonyl (C=O) groups is 1. The van der Waals surface area contributed by atoms with Gasteiger partial charge in [0.05, 0.1) is 5.52 Å². The van der Waals surface area contributed by atoms with Gasteiger partial charge >= 0.3 is 0 Å². The van der Waals surface area contributed by atoms with Gasteiger partial charge < -0.3 is 25.3 Å². The number of fused-ring (bicyclic) bond motifs is 2. The van der Waals surface area contributed by atoms with Crippen molar-refractivity contribution < 1.29 is 19.0 Å². The van der Waals surface area contributed by atoms with E-state index in [4.69, 9.17) is 19.9 Å². The number of nitrogens with zero attached hydrogens (tertiary/aromatic N) is 3. The Hall–Kier alpha value is -4.40. The first-order valence-electron chi connectivity index (χ1n) is 9.95. The van der Waals surface area contributed by atoms with E-state index in [1.165, 1.54) is 6.20 Å². The highest BCUT2D eigenvalue weighted by Gasteiger charge is 2.12. The summed E-state index contributed by atoms with van der Waals surface area (Å²) in [4.78, 5) is 24.2. The van der Waals surface area contributed by atoms with Gasteiger partial charge in [0.1, 0.15) is 31.3 Å². The summed E-state index contributed by atoms with van der Waals surface area (Å²) in [5.74, 6) is 1.98. The van der Waals surface area contributed by atoms with Crippen molar-refractivity contribution >= 4 is 28.4 Å². The van der Waals surface area contributed by atoms with E-state index in [-0.39, 0.29) is 12.3 Å². The van der Waals surface area contributed by atoms with Crippen molar-refractivity contribution in [3.63, 3.8) is 0 Å². The third kappa shape index (κ3) is 4.22. The van der Waals surface area contributed by atoms with E-state index in [1.807, 2.05) is 36.4 Å². The molecular formula is C23H19N5O4. The molecule has 3 heterocycles. The molecule has 1 aliphatic rings. The van der Waals surface area contributed by atoms with E-state index >= 15 is 0 Å². The number of carbonyl (C=O) groups excluding carboxylic acids is 1. The Bertz CT molecular complexity index is 1310. The number of ether oxygens (including phenoxy) is 3. The largest absolute Gasteiger partial charge is 0.489 e. The number of aromatic nitrogens is 3. The Morgan fingerprint density at radius 1 is 1.03 bits per heavy atom. The predicted molar refractivity (Wildman–Crippen MR) is 117 cm³/mol. The van der Waals surface area contributed by atoms with Crippen LogP contribution in [0.3, 0.4) is 0 Å². The van der Waals surface area contributed by atoms with Gasteiger partial charge in [0.2, 0.25) is 5.95 Å². The van der Waals surface area contributed by atoms with Crippen LogP contribution in [0.5, 0.6) is 17.2 Å². The van der Waals surface area contributed by atoms with Crippen LogP contribution in [-0.4, -0.2) is 34.1 Å². The predicted octanol–water partition coefficient (Wildman–Crippen LogP) is 3.22. The Morgan fingerprint density at radius 3 is 2.78 bits per heavy atom. The molecule has 1 amide bonds. The molecule has 0 fully saturated rings. The minimum atomic E-state index is -0.574. The Balaban J connectivity index is 1.29. The lowest BCUT2D eigenvalue weighted by Crippen LogP contribution is -2.15. The smallest absolute Gasteiger partial charge is 0.267 e. The summed E-state index contributed by atoms with van der Waals surface area (Å²) in [6.45, 7) is 1.36. The van der Waals surface area contributed by atoms with Crippen LogP contribution in [0.25, 0.3) is 10.9 Å². The quantitative estimate of drug-likeness (QED) is 0.479. The van der Waals surface area contributed by atoms with E-state index in [0.29, 0.717) is 30.7 Å². The van der Waals surface area contributed by atoms with Crippen LogP contribution in [0.2, 0.25) is 0 Å². The fourth-order valence-corrected chi connectivity index (χ4v) is 3.28. The number of amides is 1. The van der Waals surface area contributed by atoms with E-state index in [1.54, 1.807) is 18.3 Å². The van der Waals surface area contributed by atoms with Gasteiger partial charge in [-0.15, -0.1) is 0 Å². The third-order valence-electron chi connectivity index (χ3n) is 4.83. The second-order valence-electron chi connectivity index (χ2n) is 7.10. The van der Waals surface area contributed by atoms with Crippen LogP contribution in [0, 0.1) is 0 Å². The summed E-state index contributed by atoms with van der Waals surface area (Å²) in [6.07, 6.45) is 3.26. The molecule has 0 spiro atoms. The van der Waals surface area contributed by atoms with E-state index in [0.717, 1.165) is 27.9 Å². The van der Waals surface area contributed by atoms with Crippen molar-refractivity contribution in [3.8, 4) is 17.2 Å². The zero-order chi connectivity index (χ0) is 21.9. The second-order valence-corrected chi connectivity index (χ2v) is 7.10. The Labute approximate surface area is 183 Å². The van der Waals surface area contributed by atoms with E-state index < -0.39 is 5.91 Å². The molecule has 4 aromatic rings. The molecule has 2 aromatic heterocycles. The lowest BCUT2D eigenvalue weighted by molar-refractivity contribution is 0.0995. The van der Waals surface area contributed by atoms with Crippen molar-refractivity contribution in [2.75, 3.05) is 18.5 Å². The average Bonchev–Trinajstić information content (AvgIpc) is 2.83. The summed E-state index contributed by atoms with van der Waals surface area (Å²) < 4.78 is 17.0. The standard InChI is InChI=1S/C23H19N5O4/c24-22(29)19-9-14(5-6-25-19)13-32-17-2-3-18-15(10-17)12-26-23(28-18)27-16-1-4-20-21(11-16)31-8-7-30-20/h1-6,9-12H,7-8,13H2,(H2,24,29)(H,26,27,28). The summed E-state index contributed by atoms with van der Waals surface area (Å²) >= 11 is 0. The summed E-state index contributed by atoms with van der Waals surface area (Å²) in [7, 11) is 0. The van der Waals surface area contributed by atoms with Gasteiger partial charge in [-0.25, -0.2) is 9.97 Å². The number of nitrogens with two attached hydrogens (primary N) is 1. The first-order valence-corrected chi connectivity index (χ1v) is 9.95. The maximum atomic E-state index is 11.3. The molecular weight excluding hydrogens is 410 g/mol. The molecule has 0 aliphatic carbocycles. The van der Waals surface area contributed by atoms with E-state index in [9.17, 15) is 4.79 Å². The zero-order valence-electron chi connectivity index (χ0n) is 16.9. The fraction of sp³-hybridized carbons (Fsp3) is 0.130. The van der Waals surface area contributed by atoms with Crippen molar-refractivity contribution in [3.05, 3.63) is 72.2 Å². The molecule has 0 atom stereocenters. The fourth-order valence-electron chi connectivity index (χ4n) is 3.28. The SMILES string of the molecule is NC(=O)c1cc(COc2ccc3nc(Nc4ccc5c(c4)OCCO5)ncc3c2)ccn1. The van der Waals surface area contributed by atoms with E-state index in [2.05, 4.69) is 20.3 Å². The minimum absolute atomic E-state index is 0.205. The number of pyridine rings is 1. The number of primary amides is 1. The normalized spacial score (nSPS) is 12.4. The molecule has 0 unspecified atom stereocenters. The van der Waals surface area contributed by atoms with Crippen LogP contribution >= 0.6 is 0 Å². The summed E-state index contributed by atoms with van der Waals surface area (Å²) in [5, 5.41) is 4.03. The van der Waals surface area contributed by atoms with Crippen LogP contribution < -0.4 is 25.3 Å². The van der Waals surface area contributed by atoms with Gasteiger partial charge in [-0.2, -0.15) is 0 Å². The molecule has 0 saturated heterocycles. The number of hydrogen-bond acceptors (Lipinski definition) is 8. The van der Waals surface area contributed by atoms with Crippen molar-refractivity contribution in [2.24, 2.45) is 5.73 Å². The molecule has 3 N–H and O–H groups in total. The first-order chi connectivity index (χ1) is 15.6.